The average Bonchev–Trinajstić information content (AvgIpc) is 3.53. The van der Waals surface area contributed by atoms with E-state index >= 15 is 0 Å². The molecule has 3 N–H and O–H groups in total. The molecule has 0 radical (unpaired) electrons. The van der Waals surface area contributed by atoms with Gasteiger partial charge >= 0.3 is 11.9 Å². The zero-order chi connectivity index (χ0) is 27.0. The molecule has 38 heavy (non-hydrogen) atoms. The van der Waals surface area contributed by atoms with Crippen LogP contribution in [0.3, 0.4) is 0 Å². The Bertz CT molecular complexity index is 1530. The third-order valence-electron chi connectivity index (χ3n) is 6.14. The van der Waals surface area contributed by atoms with Crippen LogP contribution in [-0.4, -0.2) is 39.4 Å². The van der Waals surface area contributed by atoms with Gasteiger partial charge in [-0.1, -0.05) is 17.7 Å². The molecule has 5 rings (SSSR count). The molecule has 0 spiro atoms. The minimum Gasteiger partial charge on any atom is -0.495 e. The highest BCUT2D eigenvalue weighted by molar-refractivity contribution is 7.80. The molecule has 0 bridgehead atoms. The number of rotatable bonds is 7. The lowest BCUT2D eigenvalue weighted by Gasteiger charge is -2.26. The second kappa shape index (κ2) is 10.2. The maximum atomic E-state index is 11.6. The molecule has 0 unspecified atom stereocenters. The Labute approximate surface area is 227 Å². The fourth-order valence-electron chi connectivity index (χ4n) is 4.41. The number of aromatic nitrogens is 1. The fourth-order valence-corrected chi connectivity index (χ4v) is 5.01. The summed E-state index contributed by atoms with van der Waals surface area (Å²) in [5.74, 6) is -1.18. The molecule has 4 aromatic rings. The van der Waals surface area contributed by atoms with E-state index in [1.807, 2.05) is 29.2 Å². The van der Waals surface area contributed by atoms with Crippen LogP contribution in [0.25, 0.3) is 11.3 Å². The van der Waals surface area contributed by atoms with Crippen LogP contribution in [0.2, 0.25) is 5.02 Å². The highest BCUT2D eigenvalue weighted by atomic mass is 35.5. The zero-order valence-corrected chi connectivity index (χ0v) is 21.4. The number of nitrogens with one attached hydrogen (secondary N) is 1. The second-order valence-corrected chi connectivity index (χ2v) is 9.22. The van der Waals surface area contributed by atoms with E-state index in [0.717, 1.165) is 11.8 Å². The molecule has 2 aromatic carbocycles. The van der Waals surface area contributed by atoms with Gasteiger partial charge in [0.1, 0.15) is 23.3 Å². The van der Waals surface area contributed by atoms with Crippen molar-refractivity contribution < 1.29 is 29.0 Å². The maximum absolute atomic E-state index is 11.6. The Morgan fingerprint density at radius 1 is 1.05 bits per heavy atom. The van der Waals surface area contributed by atoms with Crippen LogP contribution in [0.5, 0.6) is 5.75 Å². The molecule has 11 heteroatoms. The van der Waals surface area contributed by atoms with Crippen LogP contribution in [-0.2, 0) is 0 Å². The minimum absolute atomic E-state index is 0.164. The van der Waals surface area contributed by atoms with Crippen molar-refractivity contribution in [2.24, 2.45) is 0 Å². The van der Waals surface area contributed by atoms with Crippen LogP contribution < -0.4 is 15.0 Å². The molecule has 0 aliphatic carbocycles. The van der Waals surface area contributed by atoms with Crippen LogP contribution in [0.4, 0.5) is 5.69 Å². The first-order chi connectivity index (χ1) is 18.3. The van der Waals surface area contributed by atoms with Crippen molar-refractivity contribution in [1.29, 1.82) is 0 Å². The number of hydrogen-bond acceptors (Lipinski definition) is 6. The van der Waals surface area contributed by atoms with E-state index in [2.05, 4.69) is 10.3 Å². The largest absolute Gasteiger partial charge is 0.495 e. The summed E-state index contributed by atoms with van der Waals surface area (Å²) in [5.41, 5.74) is 1.40. The van der Waals surface area contributed by atoms with Crippen molar-refractivity contribution in [3.63, 3.8) is 0 Å². The van der Waals surface area contributed by atoms with E-state index in [1.165, 1.54) is 19.2 Å². The number of carbonyl (C=O) groups is 2. The number of carboxylic acid groups (broad SMARTS) is 2. The Hall–Kier alpha value is -4.41. The van der Waals surface area contributed by atoms with E-state index in [0.29, 0.717) is 38.7 Å². The molecule has 192 valence electrons. The monoisotopic (exact) mass is 549 g/mol. The molecule has 3 heterocycles. The van der Waals surface area contributed by atoms with Crippen LogP contribution in [0.1, 0.15) is 44.3 Å². The summed E-state index contributed by atoms with van der Waals surface area (Å²) in [5, 5.41) is 23.1. The summed E-state index contributed by atoms with van der Waals surface area (Å²) < 4.78 is 11.5. The van der Waals surface area contributed by atoms with Gasteiger partial charge in [0, 0.05) is 17.4 Å². The fraction of sp³-hybridized carbons (Fsp3) is 0.111. The van der Waals surface area contributed by atoms with Gasteiger partial charge in [0.25, 0.3) is 0 Å². The summed E-state index contributed by atoms with van der Waals surface area (Å²) in [6.45, 7) is 0. The number of halogens is 1. The number of carboxylic acids is 2. The van der Waals surface area contributed by atoms with Crippen LogP contribution >= 0.6 is 23.8 Å². The van der Waals surface area contributed by atoms with Crippen molar-refractivity contribution in [3.05, 3.63) is 101 Å². The highest BCUT2D eigenvalue weighted by Crippen LogP contribution is 2.44. The zero-order valence-electron chi connectivity index (χ0n) is 19.8. The molecular weight excluding hydrogens is 530 g/mol. The summed E-state index contributed by atoms with van der Waals surface area (Å²) in [4.78, 5) is 29.6. The molecule has 1 aliphatic heterocycles. The predicted octanol–water partition coefficient (Wildman–Crippen LogP) is 5.58. The Kier molecular flexibility index (Phi) is 6.75. The highest BCUT2D eigenvalue weighted by Gasteiger charge is 2.42. The summed E-state index contributed by atoms with van der Waals surface area (Å²) in [7, 11) is 1.53. The van der Waals surface area contributed by atoms with Crippen molar-refractivity contribution >= 4 is 46.6 Å². The van der Waals surface area contributed by atoms with E-state index in [1.54, 1.807) is 30.5 Å². The number of benzene rings is 2. The molecule has 9 nitrogen and oxygen atoms in total. The Morgan fingerprint density at radius 3 is 2.39 bits per heavy atom. The number of hydrogen-bond donors (Lipinski definition) is 3. The van der Waals surface area contributed by atoms with Gasteiger partial charge in [-0.05, 0) is 72.9 Å². The number of thiocarbonyl (C=S) groups is 1. The lowest BCUT2D eigenvalue weighted by molar-refractivity contribution is 0.0696. The topological polar surface area (TPSA) is 125 Å². The molecule has 0 saturated carbocycles. The number of nitrogens with zero attached hydrogens (tertiary/aromatic N) is 2. The molecule has 0 amide bonds. The first-order valence-corrected chi connectivity index (χ1v) is 12.1. The number of methoxy groups -OCH3 is 1. The van der Waals surface area contributed by atoms with Gasteiger partial charge in [-0.3, -0.25) is 4.98 Å². The summed E-state index contributed by atoms with van der Waals surface area (Å²) >= 11 is 12.1. The second-order valence-electron chi connectivity index (χ2n) is 8.43. The normalized spacial score (nSPS) is 16.8. The molecule has 2 aromatic heterocycles. The number of anilines is 1. The quantitative estimate of drug-likeness (QED) is 0.252. The van der Waals surface area contributed by atoms with Gasteiger partial charge in [-0.25, -0.2) is 9.59 Å². The first-order valence-electron chi connectivity index (χ1n) is 11.3. The lowest BCUT2D eigenvalue weighted by Crippen LogP contribution is -2.29. The van der Waals surface area contributed by atoms with Crippen molar-refractivity contribution in [2.75, 3.05) is 12.0 Å². The first kappa shape index (κ1) is 25.2. The molecule has 2 atom stereocenters. The Balaban J connectivity index is 1.62. The van der Waals surface area contributed by atoms with Gasteiger partial charge in [-0.15, -0.1) is 0 Å². The SMILES string of the molecule is COc1ccc(N2C(=S)N[C@H](c3ccccn3)[C@H]2c2ccc(-c3cc(C(=O)O)cc(C(=O)O)c3)o2)cc1Cl. The van der Waals surface area contributed by atoms with Crippen LogP contribution in [0, 0.1) is 0 Å². The Morgan fingerprint density at radius 2 is 1.79 bits per heavy atom. The van der Waals surface area contributed by atoms with Crippen molar-refractivity contribution in [3.8, 4) is 17.1 Å². The standard InChI is InChI=1S/C27H20ClN3O6S/c1-36-21-6-5-17(13-18(21)28)31-24(23(30-27(31)38)19-4-2-3-9-29-19)22-8-7-20(37-22)14-10-15(25(32)33)12-16(11-14)26(34)35/h2-13,23-24H,1H3,(H,30,38)(H,32,33)(H,34,35)/t23-,24-/m1/s1. The third kappa shape index (κ3) is 4.67. The van der Waals surface area contributed by atoms with Crippen molar-refractivity contribution in [2.45, 2.75) is 12.1 Å². The maximum Gasteiger partial charge on any atom is 0.335 e. The van der Waals surface area contributed by atoms with Crippen molar-refractivity contribution in [1.82, 2.24) is 10.3 Å². The van der Waals surface area contributed by atoms with E-state index in [4.69, 9.17) is 33.0 Å². The molecular formula is C27H20ClN3O6S. The van der Waals surface area contributed by atoms with Gasteiger partial charge < -0.3 is 29.6 Å². The van der Waals surface area contributed by atoms with Gasteiger partial charge in [-0.2, -0.15) is 0 Å². The predicted molar refractivity (Wildman–Crippen MR) is 144 cm³/mol. The average molecular weight is 550 g/mol. The smallest absolute Gasteiger partial charge is 0.335 e. The summed E-state index contributed by atoms with van der Waals surface area (Å²) in [6.07, 6.45) is 1.68. The van der Waals surface area contributed by atoms with Gasteiger partial charge in [0.2, 0.25) is 0 Å². The third-order valence-corrected chi connectivity index (χ3v) is 6.75. The number of aromatic carboxylic acids is 2. The van der Waals surface area contributed by atoms with E-state index < -0.39 is 24.0 Å². The minimum atomic E-state index is -1.25. The number of pyridine rings is 1. The van der Waals surface area contributed by atoms with Crippen LogP contribution in [0.15, 0.2) is 77.3 Å². The lowest BCUT2D eigenvalue weighted by atomic mass is 10.0. The van der Waals surface area contributed by atoms with E-state index in [9.17, 15) is 19.8 Å². The number of ether oxygens (including phenoxy) is 1. The van der Waals surface area contributed by atoms with E-state index in [-0.39, 0.29) is 11.1 Å². The van der Waals surface area contributed by atoms with Gasteiger partial charge in [0.15, 0.2) is 5.11 Å². The molecule has 1 aliphatic rings. The number of furan rings is 1. The summed E-state index contributed by atoms with van der Waals surface area (Å²) in [6, 6.07) is 17.2. The van der Waals surface area contributed by atoms with Gasteiger partial charge in [0.05, 0.1) is 35.0 Å². The molecule has 1 saturated heterocycles. The molecule has 1 fully saturated rings.